The average molecular weight is 420 g/mol. The Bertz CT molecular complexity index is 1220. The van der Waals surface area contributed by atoms with Crippen LogP contribution in [0.15, 0.2) is 61.1 Å². The number of thiol groups is 1. The van der Waals surface area contributed by atoms with Crippen molar-refractivity contribution < 1.29 is 14.6 Å². The molecule has 0 saturated carbocycles. The summed E-state index contributed by atoms with van der Waals surface area (Å²) in [6.07, 6.45) is 4.57. The molecule has 3 heterocycles. The summed E-state index contributed by atoms with van der Waals surface area (Å²) in [4.78, 5) is 29.6. The van der Waals surface area contributed by atoms with Gasteiger partial charge in [-0.3, -0.25) is 4.98 Å². The smallest absolute Gasteiger partial charge is 0.337 e. The number of benzene rings is 1. The fourth-order valence-electron chi connectivity index (χ4n) is 2.70. The van der Waals surface area contributed by atoms with Gasteiger partial charge >= 0.3 is 6.03 Å². The molecule has 1 aromatic carbocycles. The number of methoxy groups -OCH3 is 1. The van der Waals surface area contributed by atoms with Gasteiger partial charge in [-0.15, -0.1) is 0 Å². The number of aromatic hydroxyl groups is 1. The highest BCUT2D eigenvalue weighted by molar-refractivity contribution is 7.82. The number of urea groups is 1. The topological polar surface area (TPSA) is 113 Å². The fraction of sp³-hybridized carbons (Fsp3) is 0.0500. The molecule has 0 radical (unpaired) electrons. The number of nitrogens with zero attached hydrogens (tertiary/aromatic N) is 5. The van der Waals surface area contributed by atoms with Gasteiger partial charge in [0.1, 0.15) is 5.52 Å². The van der Waals surface area contributed by atoms with E-state index in [2.05, 4.69) is 38.1 Å². The van der Waals surface area contributed by atoms with E-state index in [0.717, 1.165) is 9.87 Å². The minimum Gasteiger partial charge on any atom is -0.504 e. The molecule has 0 spiro atoms. The van der Waals surface area contributed by atoms with E-state index >= 15 is 0 Å². The van der Waals surface area contributed by atoms with Gasteiger partial charge in [-0.25, -0.2) is 24.1 Å². The largest absolute Gasteiger partial charge is 0.504 e. The van der Waals surface area contributed by atoms with Crippen molar-refractivity contribution in [2.45, 2.75) is 0 Å². The molecule has 0 aliphatic rings. The number of nitrogens with one attached hydrogen (secondary N) is 1. The highest BCUT2D eigenvalue weighted by Crippen LogP contribution is 2.31. The minimum atomic E-state index is -0.502. The summed E-state index contributed by atoms with van der Waals surface area (Å²) in [5.41, 5.74) is 2.82. The zero-order valence-corrected chi connectivity index (χ0v) is 16.6. The van der Waals surface area contributed by atoms with Crippen molar-refractivity contribution >= 4 is 41.5 Å². The quantitative estimate of drug-likeness (QED) is 0.432. The van der Waals surface area contributed by atoms with E-state index in [-0.39, 0.29) is 11.6 Å². The van der Waals surface area contributed by atoms with Crippen LogP contribution in [0, 0.1) is 0 Å². The van der Waals surface area contributed by atoms with Gasteiger partial charge < -0.3 is 15.2 Å². The molecule has 0 bridgehead atoms. The Balaban J connectivity index is 1.64. The first-order chi connectivity index (χ1) is 14.5. The Hall–Kier alpha value is -3.92. The normalized spacial score (nSPS) is 10.6. The first-order valence-electron chi connectivity index (χ1n) is 8.76. The van der Waals surface area contributed by atoms with E-state index in [1.165, 1.54) is 19.4 Å². The van der Waals surface area contributed by atoms with Gasteiger partial charge in [0.05, 0.1) is 19.0 Å². The number of amides is 2. The molecular weight excluding hydrogens is 404 g/mol. The maximum absolute atomic E-state index is 12.4. The van der Waals surface area contributed by atoms with Crippen LogP contribution in [0.2, 0.25) is 0 Å². The molecule has 0 unspecified atom stereocenters. The zero-order valence-electron chi connectivity index (χ0n) is 15.7. The number of anilines is 2. The lowest BCUT2D eigenvalue weighted by molar-refractivity contribution is 0.260. The second-order valence-corrected chi connectivity index (χ2v) is 6.53. The Morgan fingerprint density at radius 3 is 2.70 bits per heavy atom. The van der Waals surface area contributed by atoms with Crippen LogP contribution in [0.1, 0.15) is 0 Å². The lowest BCUT2D eigenvalue weighted by atomic mass is 10.1. The molecule has 150 valence electrons. The van der Waals surface area contributed by atoms with Crippen molar-refractivity contribution in [1.29, 1.82) is 0 Å². The first kappa shape index (κ1) is 19.4. The number of ether oxygens (including phenoxy) is 1. The highest BCUT2D eigenvalue weighted by atomic mass is 32.1. The van der Waals surface area contributed by atoms with E-state index in [1.54, 1.807) is 48.8 Å². The predicted octanol–water partition coefficient (Wildman–Crippen LogP) is 3.68. The molecular formula is C20H16N6O3S. The van der Waals surface area contributed by atoms with Crippen LogP contribution >= 0.6 is 12.8 Å². The Labute approximate surface area is 177 Å². The van der Waals surface area contributed by atoms with Crippen LogP contribution in [0.4, 0.5) is 16.3 Å². The molecule has 0 aliphatic carbocycles. The fourth-order valence-corrected chi connectivity index (χ4v) is 2.85. The van der Waals surface area contributed by atoms with Crippen molar-refractivity contribution in [2.24, 2.45) is 0 Å². The maximum atomic E-state index is 12.4. The van der Waals surface area contributed by atoms with Gasteiger partial charge in [-0.05, 0) is 42.5 Å². The first-order valence-corrected chi connectivity index (χ1v) is 9.16. The molecule has 30 heavy (non-hydrogen) atoms. The number of rotatable bonds is 4. The van der Waals surface area contributed by atoms with Crippen LogP contribution in [0.25, 0.3) is 22.4 Å². The molecule has 4 aromatic rings. The van der Waals surface area contributed by atoms with Crippen LogP contribution in [0.5, 0.6) is 11.5 Å². The van der Waals surface area contributed by atoms with Gasteiger partial charge in [-0.1, -0.05) is 12.8 Å². The van der Waals surface area contributed by atoms with Crippen molar-refractivity contribution in [3.05, 3.63) is 61.1 Å². The number of carbonyl (C=O) groups excluding carboxylic acids is 1. The molecule has 0 fully saturated rings. The number of hydrogen-bond donors (Lipinski definition) is 3. The standard InChI is InChI=1S/C20H16N6O3S/c1-29-17-10-12(2-5-16(17)27)14-3-4-15-19(24-14)25-18(11-22-15)26(30)20(28)23-13-6-8-21-9-7-13/h2-11,27,30H,1H3,(H,21,23,28). The van der Waals surface area contributed by atoms with Crippen LogP contribution in [-0.4, -0.2) is 38.2 Å². The summed E-state index contributed by atoms with van der Waals surface area (Å²) >= 11 is 4.23. The molecule has 10 heteroatoms. The molecule has 0 saturated heterocycles. The number of aromatic nitrogens is 4. The van der Waals surface area contributed by atoms with Gasteiger partial charge in [-0.2, -0.15) is 0 Å². The highest BCUT2D eigenvalue weighted by Gasteiger charge is 2.16. The third kappa shape index (κ3) is 3.94. The number of pyridine rings is 2. The summed E-state index contributed by atoms with van der Waals surface area (Å²) in [6.45, 7) is 0. The van der Waals surface area contributed by atoms with Crippen LogP contribution in [-0.2, 0) is 0 Å². The molecule has 2 amide bonds. The van der Waals surface area contributed by atoms with Crippen molar-refractivity contribution in [3.8, 4) is 22.8 Å². The molecule has 9 nitrogen and oxygen atoms in total. The summed E-state index contributed by atoms with van der Waals surface area (Å²) < 4.78 is 6.20. The van der Waals surface area contributed by atoms with E-state index < -0.39 is 6.03 Å². The van der Waals surface area contributed by atoms with Gasteiger partial charge in [0.2, 0.25) is 0 Å². The van der Waals surface area contributed by atoms with E-state index in [4.69, 9.17) is 4.74 Å². The molecule has 2 N–H and O–H groups in total. The van der Waals surface area contributed by atoms with Crippen LogP contribution in [0.3, 0.4) is 0 Å². The SMILES string of the molecule is COc1cc(-c2ccc3ncc(N(S)C(=O)Nc4ccncc4)nc3n2)ccc1O. The van der Waals surface area contributed by atoms with E-state index in [1.807, 2.05) is 0 Å². The monoisotopic (exact) mass is 420 g/mol. The average Bonchev–Trinajstić information content (AvgIpc) is 2.78. The minimum absolute atomic E-state index is 0.0371. The van der Waals surface area contributed by atoms with Gasteiger partial charge in [0, 0.05) is 23.6 Å². The number of hydrogen-bond acceptors (Lipinski definition) is 8. The molecule has 3 aromatic heterocycles. The van der Waals surface area contributed by atoms with Crippen molar-refractivity contribution in [2.75, 3.05) is 16.7 Å². The Morgan fingerprint density at radius 1 is 1.13 bits per heavy atom. The number of phenols is 1. The van der Waals surface area contributed by atoms with E-state index in [9.17, 15) is 9.90 Å². The van der Waals surface area contributed by atoms with Gasteiger partial charge in [0.15, 0.2) is 23.0 Å². The second-order valence-electron chi connectivity index (χ2n) is 6.13. The zero-order chi connectivity index (χ0) is 21.1. The number of phenolic OH excluding ortho intramolecular Hbond substituents is 1. The third-order valence-corrected chi connectivity index (χ3v) is 4.60. The van der Waals surface area contributed by atoms with Crippen molar-refractivity contribution in [1.82, 2.24) is 19.9 Å². The summed E-state index contributed by atoms with van der Waals surface area (Å²) in [7, 11) is 1.47. The van der Waals surface area contributed by atoms with Crippen LogP contribution < -0.4 is 14.4 Å². The summed E-state index contributed by atoms with van der Waals surface area (Å²) in [5.74, 6) is 0.587. The van der Waals surface area contributed by atoms with Gasteiger partial charge in [0.25, 0.3) is 0 Å². The van der Waals surface area contributed by atoms with E-state index in [0.29, 0.717) is 28.3 Å². The number of fused-ring (bicyclic) bond motifs is 1. The Kier molecular flexibility index (Phi) is 5.31. The summed E-state index contributed by atoms with van der Waals surface area (Å²) in [6, 6.07) is 11.3. The molecule has 0 atom stereocenters. The maximum Gasteiger partial charge on any atom is 0.337 e. The lowest BCUT2D eigenvalue weighted by Crippen LogP contribution is -2.27. The Morgan fingerprint density at radius 2 is 1.93 bits per heavy atom. The molecule has 4 rings (SSSR count). The molecule has 0 aliphatic heterocycles. The second kappa shape index (κ2) is 8.21. The third-order valence-electron chi connectivity index (χ3n) is 4.21. The lowest BCUT2D eigenvalue weighted by Gasteiger charge is -2.15. The predicted molar refractivity (Wildman–Crippen MR) is 116 cm³/mol. The van der Waals surface area contributed by atoms with Crippen molar-refractivity contribution in [3.63, 3.8) is 0 Å². The number of carbonyl (C=O) groups is 1. The summed E-state index contributed by atoms with van der Waals surface area (Å²) in [5, 5.41) is 12.5.